The van der Waals surface area contributed by atoms with E-state index in [9.17, 15) is 14.3 Å². The van der Waals surface area contributed by atoms with Crippen molar-refractivity contribution < 1.29 is 28.2 Å². The molecule has 3 atom stereocenters. The van der Waals surface area contributed by atoms with Crippen LogP contribution in [0.1, 0.15) is 49.3 Å². The van der Waals surface area contributed by atoms with E-state index < -0.39 is 28.2 Å². The first-order valence-corrected chi connectivity index (χ1v) is 13.3. The molecule has 2 aromatic rings. The van der Waals surface area contributed by atoms with E-state index >= 15 is 4.39 Å². The fraction of sp³-hybridized carbons (Fsp3) is 0.448. The number of alkyl halides is 3. The van der Waals surface area contributed by atoms with Gasteiger partial charge in [0, 0.05) is 37.2 Å². The van der Waals surface area contributed by atoms with Crippen molar-refractivity contribution in [1.29, 1.82) is 0 Å². The van der Waals surface area contributed by atoms with Crippen LogP contribution in [-0.4, -0.2) is 53.1 Å². The van der Waals surface area contributed by atoms with Gasteiger partial charge in [-0.2, -0.15) is 4.39 Å². The highest BCUT2D eigenvalue weighted by molar-refractivity contribution is 6.32. The normalized spacial score (nSPS) is 34.1. The van der Waals surface area contributed by atoms with Gasteiger partial charge in [-0.25, -0.2) is 9.38 Å². The predicted octanol–water partition coefficient (Wildman–Crippen LogP) is 4.19. The van der Waals surface area contributed by atoms with Crippen LogP contribution in [-0.2, 0) is 21.6 Å². The van der Waals surface area contributed by atoms with Crippen LogP contribution in [0.2, 0.25) is 0 Å². The van der Waals surface area contributed by atoms with Gasteiger partial charge < -0.3 is 25.6 Å². The van der Waals surface area contributed by atoms with Crippen molar-refractivity contribution in [3.63, 3.8) is 0 Å². The lowest BCUT2D eigenvalue weighted by Crippen LogP contribution is -2.48. The second-order valence-electron chi connectivity index (χ2n) is 10.8. The zero-order chi connectivity index (χ0) is 28.1. The first-order chi connectivity index (χ1) is 18.4. The summed E-state index contributed by atoms with van der Waals surface area (Å²) < 4.78 is 41.8. The van der Waals surface area contributed by atoms with Crippen LogP contribution in [0.25, 0.3) is 0 Å². The number of carbonyl (C=O) groups excluding carboxylic acids is 1. The molecule has 0 radical (unpaired) electrons. The number of nitrogens with one attached hydrogen (secondary N) is 1. The molecule has 1 amide bonds. The molecule has 2 aliphatic heterocycles. The molecule has 0 saturated heterocycles. The third-order valence-corrected chi connectivity index (χ3v) is 8.32. The smallest absolute Gasteiger partial charge is 0.360 e. The predicted molar refractivity (Wildman–Crippen MR) is 144 cm³/mol. The summed E-state index contributed by atoms with van der Waals surface area (Å²) in [5.74, 6) is -3.75. The number of nitrogens with zero attached hydrogens (tertiary/aromatic N) is 1. The van der Waals surface area contributed by atoms with Gasteiger partial charge in [-0.3, -0.25) is 4.79 Å². The highest BCUT2D eigenvalue weighted by Crippen LogP contribution is 2.47. The Labute approximate surface area is 231 Å². The molecule has 2 unspecified atom stereocenters. The van der Waals surface area contributed by atoms with Gasteiger partial charge >= 0.3 is 5.98 Å². The van der Waals surface area contributed by atoms with Crippen molar-refractivity contribution in [2.45, 2.75) is 67.4 Å². The summed E-state index contributed by atoms with van der Waals surface area (Å²) in [6, 6.07) is 15.1. The van der Waals surface area contributed by atoms with Gasteiger partial charge in [0.2, 0.25) is 0 Å². The quantitative estimate of drug-likeness (QED) is 0.348. The molecule has 208 valence electrons. The molecule has 39 heavy (non-hydrogen) atoms. The minimum Gasteiger partial charge on any atom is -0.481 e. The monoisotopic (exact) mass is 559 g/mol. The van der Waals surface area contributed by atoms with E-state index in [1.54, 1.807) is 18.2 Å². The van der Waals surface area contributed by atoms with Gasteiger partial charge in [-0.15, -0.1) is 0 Å². The fourth-order valence-corrected chi connectivity index (χ4v) is 5.87. The number of nitrogens with two attached hydrogens (primary N) is 1. The number of methoxy groups -OCH3 is 1. The Kier molecular flexibility index (Phi) is 7.08. The van der Waals surface area contributed by atoms with E-state index in [0.717, 1.165) is 25.5 Å². The van der Waals surface area contributed by atoms with Gasteiger partial charge in [0.25, 0.3) is 11.0 Å². The van der Waals surface area contributed by atoms with Crippen LogP contribution < -0.4 is 15.8 Å². The van der Waals surface area contributed by atoms with E-state index in [2.05, 4.69) is 10.3 Å². The average molecular weight is 560 g/mol. The van der Waals surface area contributed by atoms with Gasteiger partial charge in [0.1, 0.15) is 5.75 Å². The van der Waals surface area contributed by atoms with Gasteiger partial charge in [-0.1, -0.05) is 54.1 Å². The minimum atomic E-state index is -3.27. The van der Waals surface area contributed by atoms with Crippen molar-refractivity contribution in [2.24, 2.45) is 10.7 Å². The zero-order valence-corrected chi connectivity index (χ0v) is 22.6. The summed E-state index contributed by atoms with van der Waals surface area (Å²) in [5.41, 5.74) is 5.53. The number of fused-ring (bicyclic) bond motifs is 1. The lowest BCUT2D eigenvalue weighted by molar-refractivity contribution is -0.164. The number of amides is 1. The van der Waals surface area contributed by atoms with E-state index in [0.29, 0.717) is 48.8 Å². The maximum Gasteiger partial charge on any atom is 0.360 e. The first-order valence-electron chi connectivity index (χ1n) is 13.0. The molecule has 1 aliphatic carbocycles. The van der Waals surface area contributed by atoms with Crippen molar-refractivity contribution in [1.82, 2.24) is 5.32 Å². The molecule has 4 N–H and O–H groups in total. The molecule has 5 rings (SSSR count). The molecular weight excluding hydrogens is 528 g/mol. The Bertz CT molecular complexity index is 1320. The summed E-state index contributed by atoms with van der Waals surface area (Å²) in [7, 11) is 0.941. The third-order valence-electron chi connectivity index (χ3n) is 7.98. The molecular formula is C29H32ClF2N3O4. The summed E-state index contributed by atoms with van der Waals surface area (Å²) >= 11 is 5.74. The fourth-order valence-electron chi connectivity index (χ4n) is 5.65. The van der Waals surface area contributed by atoms with Crippen LogP contribution in [0, 0.1) is 0 Å². The standard InChI is InChI=1S/C29H32ClF2N3O4/c1-26(37)13-11-19(12-14-26)34-17-27(18-7-4-3-5-8-18)15-21-20(9-6-10-23(21)39-27)24-22(25(33)36)16-28(30,31)29(32,35-24)38-2/h3-10,16,19,34,37H,11-15,17H2,1-2H3,(H2,33,36)/t19?,26?,27-,28?,29?/m1/s1. The van der Waals surface area contributed by atoms with Crippen LogP contribution in [0.15, 0.2) is 65.2 Å². The number of carbonyl (C=O) groups is 1. The van der Waals surface area contributed by atoms with Gasteiger partial charge in [0.05, 0.1) is 16.9 Å². The molecule has 7 nitrogen and oxygen atoms in total. The Hall–Kier alpha value is -2.85. The molecule has 0 bridgehead atoms. The van der Waals surface area contributed by atoms with Crippen molar-refractivity contribution in [3.05, 3.63) is 76.9 Å². The largest absolute Gasteiger partial charge is 0.481 e. The zero-order valence-electron chi connectivity index (χ0n) is 21.8. The van der Waals surface area contributed by atoms with E-state index in [1.165, 1.54) is 0 Å². The average Bonchev–Trinajstić information content (AvgIpc) is 3.30. The second kappa shape index (κ2) is 9.96. The number of primary amides is 1. The van der Waals surface area contributed by atoms with Crippen LogP contribution >= 0.6 is 11.6 Å². The van der Waals surface area contributed by atoms with E-state index in [-0.39, 0.29) is 17.3 Å². The Balaban J connectivity index is 1.53. The summed E-state index contributed by atoms with van der Waals surface area (Å²) in [5, 5.41) is 10.8. The molecule has 2 aromatic carbocycles. The summed E-state index contributed by atoms with van der Waals surface area (Å²) in [4.78, 5) is 16.2. The molecule has 10 heteroatoms. The number of dihydropyridines is 1. The number of hydrogen-bond donors (Lipinski definition) is 3. The van der Waals surface area contributed by atoms with Crippen molar-refractivity contribution in [3.8, 4) is 5.75 Å². The molecule has 1 fully saturated rings. The molecule has 1 saturated carbocycles. The Morgan fingerprint density at radius 2 is 1.90 bits per heavy atom. The highest BCUT2D eigenvalue weighted by Gasteiger charge is 2.56. The number of ether oxygens (including phenoxy) is 2. The van der Waals surface area contributed by atoms with Crippen LogP contribution in [0.3, 0.4) is 0 Å². The number of benzene rings is 2. The summed E-state index contributed by atoms with van der Waals surface area (Å²) in [6.07, 6.45) is 4.05. The maximum atomic E-state index is 15.4. The number of hydrogen-bond acceptors (Lipinski definition) is 6. The van der Waals surface area contributed by atoms with Crippen LogP contribution in [0.4, 0.5) is 8.78 Å². The van der Waals surface area contributed by atoms with E-state index in [1.807, 2.05) is 37.3 Å². The van der Waals surface area contributed by atoms with Crippen molar-refractivity contribution in [2.75, 3.05) is 13.7 Å². The van der Waals surface area contributed by atoms with Gasteiger partial charge in [0.15, 0.2) is 5.60 Å². The molecule has 2 heterocycles. The second-order valence-corrected chi connectivity index (χ2v) is 11.4. The number of halogens is 3. The summed E-state index contributed by atoms with van der Waals surface area (Å²) in [6.45, 7) is 2.33. The Morgan fingerprint density at radius 1 is 1.21 bits per heavy atom. The lowest BCUT2D eigenvalue weighted by atomic mass is 9.82. The first kappa shape index (κ1) is 27.7. The van der Waals surface area contributed by atoms with Crippen molar-refractivity contribution >= 4 is 23.2 Å². The van der Waals surface area contributed by atoms with Crippen LogP contribution in [0.5, 0.6) is 5.75 Å². The number of aliphatic hydroxyl groups is 1. The molecule has 3 aliphatic rings. The topological polar surface area (TPSA) is 106 Å². The number of rotatable bonds is 7. The minimum absolute atomic E-state index is 0.160. The maximum absolute atomic E-state index is 15.4. The molecule has 0 spiro atoms. The highest BCUT2D eigenvalue weighted by atomic mass is 35.5. The third kappa shape index (κ3) is 5.09. The SMILES string of the molecule is COC1(F)N=C(c2cccc3c2C[C@@](CNC2CCC(C)(O)CC2)(c2ccccc2)O3)C(C(N)=O)=CC1(F)Cl. The lowest BCUT2D eigenvalue weighted by Gasteiger charge is -2.36. The number of aliphatic imine (C=N–C) groups is 1. The molecule has 0 aromatic heterocycles. The van der Waals surface area contributed by atoms with E-state index in [4.69, 9.17) is 26.8 Å². The van der Waals surface area contributed by atoms with Gasteiger partial charge in [-0.05, 0) is 50.3 Å². The Morgan fingerprint density at radius 3 is 2.54 bits per heavy atom.